The van der Waals surface area contributed by atoms with Crippen molar-refractivity contribution in [1.29, 1.82) is 0 Å². The van der Waals surface area contributed by atoms with Crippen molar-refractivity contribution in [3.63, 3.8) is 0 Å². The van der Waals surface area contributed by atoms with Gasteiger partial charge in [0.05, 0.1) is 0 Å². The molecule has 0 fully saturated rings. The number of rotatable bonds is 44. The van der Waals surface area contributed by atoms with Gasteiger partial charge in [0.25, 0.3) is 0 Å². The molecule has 0 aromatic rings. The van der Waals surface area contributed by atoms with E-state index >= 15 is 0 Å². The zero-order valence-corrected chi connectivity index (χ0v) is 39.7. The van der Waals surface area contributed by atoms with E-state index in [9.17, 15) is 14.4 Å². The Labute approximate surface area is 375 Å². The van der Waals surface area contributed by atoms with Crippen molar-refractivity contribution < 1.29 is 28.6 Å². The van der Waals surface area contributed by atoms with E-state index < -0.39 is 6.10 Å². The predicted octanol–water partition coefficient (Wildman–Crippen LogP) is 16.4. The molecule has 6 heteroatoms. The third-order valence-electron chi connectivity index (χ3n) is 10.4. The minimum absolute atomic E-state index is 0.0979. The lowest BCUT2D eigenvalue weighted by atomic mass is 10.0. The maximum absolute atomic E-state index is 12.8. The predicted molar refractivity (Wildman–Crippen MR) is 261 cm³/mol. The van der Waals surface area contributed by atoms with Gasteiger partial charge < -0.3 is 14.2 Å². The van der Waals surface area contributed by atoms with Crippen LogP contribution in [0.15, 0.2) is 85.1 Å². The molecule has 0 spiro atoms. The van der Waals surface area contributed by atoms with Gasteiger partial charge >= 0.3 is 17.9 Å². The van der Waals surface area contributed by atoms with Gasteiger partial charge in [-0.05, 0) is 89.9 Å². The van der Waals surface area contributed by atoms with Crippen LogP contribution >= 0.6 is 0 Å². The summed E-state index contributed by atoms with van der Waals surface area (Å²) in [5.41, 5.74) is 0. The second kappa shape index (κ2) is 49.2. The maximum Gasteiger partial charge on any atom is 0.306 e. The number of carbonyl (C=O) groups excluding carboxylic acids is 3. The van der Waals surface area contributed by atoms with Gasteiger partial charge in [-0.2, -0.15) is 0 Å². The van der Waals surface area contributed by atoms with E-state index in [1.807, 2.05) is 0 Å². The van der Waals surface area contributed by atoms with Gasteiger partial charge in [0.15, 0.2) is 6.10 Å². The van der Waals surface area contributed by atoms with Gasteiger partial charge in [-0.3, -0.25) is 14.4 Å². The number of carbonyl (C=O) groups is 3. The van der Waals surface area contributed by atoms with Crippen molar-refractivity contribution in [2.75, 3.05) is 13.2 Å². The third kappa shape index (κ3) is 47.5. The van der Waals surface area contributed by atoms with Gasteiger partial charge in [0.1, 0.15) is 13.2 Å². The van der Waals surface area contributed by atoms with Gasteiger partial charge in [-0.25, -0.2) is 0 Å². The molecule has 0 amide bonds. The molecule has 0 aromatic heterocycles. The van der Waals surface area contributed by atoms with Crippen LogP contribution in [-0.2, 0) is 28.6 Å². The molecule has 0 aliphatic rings. The summed E-state index contributed by atoms with van der Waals surface area (Å²) >= 11 is 0. The Morgan fingerprint density at radius 1 is 0.344 bits per heavy atom. The molecule has 6 nitrogen and oxygen atoms in total. The Bertz CT molecular complexity index is 1200. The van der Waals surface area contributed by atoms with Crippen LogP contribution in [0.5, 0.6) is 0 Å². The lowest BCUT2D eigenvalue weighted by Crippen LogP contribution is -2.30. The molecule has 0 unspecified atom stereocenters. The monoisotopic (exact) mass is 849 g/mol. The number of ether oxygens (including phenoxy) is 3. The highest BCUT2D eigenvalue weighted by Crippen LogP contribution is 2.14. The summed E-state index contributed by atoms with van der Waals surface area (Å²) < 4.78 is 16.7. The molecule has 0 N–H and O–H groups in total. The second-order valence-electron chi connectivity index (χ2n) is 16.3. The van der Waals surface area contributed by atoms with Crippen LogP contribution in [0.3, 0.4) is 0 Å². The van der Waals surface area contributed by atoms with Gasteiger partial charge in [-0.15, -0.1) is 0 Å². The molecule has 61 heavy (non-hydrogen) atoms. The molecule has 1 atom stereocenters. The van der Waals surface area contributed by atoms with Crippen LogP contribution in [0.4, 0.5) is 0 Å². The normalized spacial score (nSPS) is 12.8. The molecule has 0 aromatic carbocycles. The van der Waals surface area contributed by atoms with Crippen LogP contribution in [0.2, 0.25) is 0 Å². The summed E-state index contributed by atoms with van der Waals surface area (Å²) in [7, 11) is 0. The number of hydrogen-bond donors (Lipinski definition) is 0. The number of esters is 3. The van der Waals surface area contributed by atoms with E-state index in [0.29, 0.717) is 19.3 Å². The van der Waals surface area contributed by atoms with E-state index in [1.165, 1.54) is 64.2 Å². The molecule has 0 radical (unpaired) electrons. The standard InChI is InChI=1S/C55H92O6/c1-4-7-10-13-16-19-22-25-27-30-33-36-39-42-45-48-54(57)60-51-52(50-59-53(56)47-44-41-38-35-32-29-24-21-18-15-12-9-6-3)61-55(58)49-46-43-40-37-34-31-28-26-23-20-17-14-11-8-5-2/h7-8,10-11,16-17,19-20,25-28,34,37,52H,4-6,9,12-15,18,21-24,29-33,35-36,38-51H2,1-3H3/b10-7-,11-8-,19-16-,20-17-,27-25-,28-26-,37-34-/t52-/m0/s1. The summed E-state index contributed by atoms with van der Waals surface area (Å²) in [4.78, 5) is 37.9. The lowest BCUT2D eigenvalue weighted by molar-refractivity contribution is -0.167. The topological polar surface area (TPSA) is 78.9 Å². The summed E-state index contributed by atoms with van der Waals surface area (Å²) in [5.74, 6) is -0.959. The highest BCUT2D eigenvalue weighted by atomic mass is 16.6. The molecule has 0 bridgehead atoms. The van der Waals surface area contributed by atoms with E-state index in [4.69, 9.17) is 14.2 Å². The number of unbranched alkanes of at least 4 members (excludes halogenated alkanes) is 19. The van der Waals surface area contributed by atoms with Crippen molar-refractivity contribution in [2.24, 2.45) is 0 Å². The van der Waals surface area contributed by atoms with Gasteiger partial charge in [0.2, 0.25) is 0 Å². The lowest BCUT2D eigenvalue weighted by Gasteiger charge is -2.18. The Morgan fingerprint density at radius 2 is 0.639 bits per heavy atom. The fourth-order valence-electron chi connectivity index (χ4n) is 6.68. The summed E-state index contributed by atoms with van der Waals surface area (Å²) in [6.07, 6.45) is 62.8. The second-order valence-corrected chi connectivity index (χ2v) is 16.3. The largest absolute Gasteiger partial charge is 0.462 e. The molecule has 0 saturated heterocycles. The Kier molecular flexibility index (Phi) is 46.5. The molecule has 0 aliphatic heterocycles. The zero-order valence-electron chi connectivity index (χ0n) is 39.7. The molecule has 0 aliphatic carbocycles. The van der Waals surface area contributed by atoms with Crippen molar-refractivity contribution in [3.8, 4) is 0 Å². The Hall–Kier alpha value is -3.41. The quantitative estimate of drug-likeness (QED) is 0.0263. The average Bonchev–Trinajstić information content (AvgIpc) is 3.26. The first-order chi connectivity index (χ1) is 30.0. The van der Waals surface area contributed by atoms with Crippen LogP contribution < -0.4 is 0 Å². The smallest absolute Gasteiger partial charge is 0.306 e. The highest BCUT2D eigenvalue weighted by molar-refractivity contribution is 5.71. The minimum Gasteiger partial charge on any atom is -0.462 e. The van der Waals surface area contributed by atoms with E-state index in [0.717, 1.165) is 116 Å². The maximum atomic E-state index is 12.8. The van der Waals surface area contributed by atoms with E-state index in [-0.39, 0.29) is 37.5 Å². The highest BCUT2D eigenvalue weighted by Gasteiger charge is 2.19. The van der Waals surface area contributed by atoms with E-state index in [1.54, 1.807) is 0 Å². The Balaban J connectivity index is 4.48. The fourth-order valence-corrected chi connectivity index (χ4v) is 6.68. The SMILES string of the molecule is CC/C=C\C/C=C\C/C=C\C/C=C\CCCCC(=O)O[C@H](COC(=O)CCCCCCC/C=C\C/C=C\C/C=C\CC)COC(=O)CCCCCCCCCCCCCCC. The molecule has 0 rings (SSSR count). The third-order valence-corrected chi connectivity index (χ3v) is 10.4. The van der Waals surface area contributed by atoms with E-state index in [2.05, 4.69) is 106 Å². The summed E-state index contributed by atoms with van der Waals surface area (Å²) in [6.45, 7) is 6.35. The molecular weight excluding hydrogens is 757 g/mol. The van der Waals surface area contributed by atoms with Crippen LogP contribution in [-0.4, -0.2) is 37.2 Å². The summed E-state index contributed by atoms with van der Waals surface area (Å²) in [6, 6.07) is 0. The van der Waals surface area contributed by atoms with Crippen LogP contribution in [0, 0.1) is 0 Å². The number of hydrogen-bond acceptors (Lipinski definition) is 6. The molecular formula is C55H92O6. The molecule has 0 saturated carbocycles. The first kappa shape index (κ1) is 57.6. The van der Waals surface area contributed by atoms with Crippen molar-refractivity contribution >= 4 is 17.9 Å². The average molecular weight is 849 g/mol. The first-order valence-corrected chi connectivity index (χ1v) is 25.1. The zero-order chi connectivity index (χ0) is 44.4. The molecule has 0 heterocycles. The van der Waals surface area contributed by atoms with Crippen LogP contribution in [0.1, 0.15) is 226 Å². The van der Waals surface area contributed by atoms with Gasteiger partial charge in [-0.1, -0.05) is 202 Å². The van der Waals surface area contributed by atoms with Crippen LogP contribution in [0.25, 0.3) is 0 Å². The van der Waals surface area contributed by atoms with Crippen molar-refractivity contribution in [1.82, 2.24) is 0 Å². The first-order valence-electron chi connectivity index (χ1n) is 25.1. The minimum atomic E-state index is -0.803. The van der Waals surface area contributed by atoms with Gasteiger partial charge in [0, 0.05) is 19.3 Å². The van der Waals surface area contributed by atoms with Crippen molar-refractivity contribution in [2.45, 2.75) is 232 Å². The Morgan fingerprint density at radius 3 is 1.03 bits per heavy atom. The van der Waals surface area contributed by atoms with Crippen molar-refractivity contribution in [3.05, 3.63) is 85.1 Å². The fraction of sp³-hybridized carbons (Fsp3) is 0.691. The summed E-state index contributed by atoms with van der Waals surface area (Å²) in [5, 5.41) is 0. The molecule has 348 valence electrons. The number of allylic oxidation sites excluding steroid dienone is 14.